The van der Waals surface area contributed by atoms with E-state index >= 15 is 4.39 Å². The van der Waals surface area contributed by atoms with E-state index < -0.39 is 29.8 Å². The summed E-state index contributed by atoms with van der Waals surface area (Å²) in [6, 6.07) is 9.18. The van der Waals surface area contributed by atoms with Crippen molar-refractivity contribution in [3.05, 3.63) is 76.9 Å². The minimum Gasteiger partial charge on any atom is -0.422 e. The molecule has 37 heavy (non-hydrogen) atoms. The highest BCUT2D eigenvalue weighted by Gasteiger charge is 2.44. The van der Waals surface area contributed by atoms with Crippen molar-refractivity contribution >= 4 is 29.4 Å². The molecular formula is C26H23FN6O4. The number of Topliss-reactive ketones (excluding diaryl/α,β-unsaturated/α-hetero) is 1. The van der Waals surface area contributed by atoms with E-state index in [-0.39, 0.29) is 46.3 Å². The average molecular weight is 503 g/mol. The fourth-order valence-electron chi connectivity index (χ4n) is 3.82. The summed E-state index contributed by atoms with van der Waals surface area (Å²) in [4.78, 5) is 45.9. The van der Waals surface area contributed by atoms with Gasteiger partial charge in [0.2, 0.25) is 0 Å². The molecule has 1 fully saturated rings. The lowest BCUT2D eigenvalue weighted by Crippen LogP contribution is -2.31. The first kappa shape index (κ1) is 25.2. The van der Waals surface area contributed by atoms with Crippen LogP contribution in [-0.4, -0.2) is 33.8 Å². The third-order valence-corrected chi connectivity index (χ3v) is 5.75. The van der Waals surface area contributed by atoms with Crippen LogP contribution in [0.2, 0.25) is 0 Å². The number of aromatic nitrogens is 2. The predicted octanol–water partition coefficient (Wildman–Crippen LogP) is 3.95. The Bertz CT molecular complexity index is 1390. The molecule has 1 aliphatic carbocycles. The second-order valence-electron chi connectivity index (χ2n) is 8.46. The molecule has 11 heteroatoms. The Morgan fingerprint density at radius 3 is 2.62 bits per heavy atom. The number of amides is 2. The smallest absolute Gasteiger partial charge is 0.345 e. The molecule has 2 atom stereocenters. The van der Waals surface area contributed by atoms with Crippen LogP contribution in [0, 0.1) is 17.1 Å². The van der Waals surface area contributed by atoms with Crippen molar-refractivity contribution in [2.45, 2.75) is 38.1 Å². The first-order valence-corrected chi connectivity index (χ1v) is 11.5. The van der Waals surface area contributed by atoms with Crippen molar-refractivity contribution in [1.29, 1.82) is 5.26 Å². The molecule has 4 N–H and O–H groups in total. The van der Waals surface area contributed by atoms with E-state index in [1.165, 1.54) is 42.7 Å². The number of nitriles is 1. The summed E-state index contributed by atoms with van der Waals surface area (Å²) in [6.45, 7) is 1.83. The first-order chi connectivity index (χ1) is 17.8. The SMILES string of the molecule is CCCC(=O)c1ccc(F)c([C@@H]2C[C@@H]2NC(=O)Nc2ccc(C#N)cn2)c1OC(=O)c1ccc(N)nc1. The summed E-state index contributed by atoms with van der Waals surface area (Å²) in [5, 5.41) is 14.1. The molecule has 3 aromatic rings. The summed E-state index contributed by atoms with van der Waals surface area (Å²) in [6.07, 6.45) is 3.65. The molecule has 2 heterocycles. The normalized spacial score (nSPS) is 15.8. The van der Waals surface area contributed by atoms with Gasteiger partial charge in [-0.05, 0) is 49.2 Å². The van der Waals surface area contributed by atoms with Gasteiger partial charge in [0.25, 0.3) is 0 Å². The molecule has 188 valence electrons. The van der Waals surface area contributed by atoms with Crippen molar-refractivity contribution in [2.24, 2.45) is 0 Å². The monoisotopic (exact) mass is 502 g/mol. The number of ether oxygens (including phenoxy) is 1. The average Bonchev–Trinajstić information content (AvgIpc) is 3.63. The molecule has 1 aromatic carbocycles. The zero-order chi connectivity index (χ0) is 26.5. The molecule has 2 aromatic heterocycles. The number of nitrogens with two attached hydrogens (primary N) is 1. The van der Waals surface area contributed by atoms with Gasteiger partial charge in [0.05, 0.1) is 16.7 Å². The molecular weight excluding hydrogens is 479 g/mol. The topological polar surface area (TPSA) is 160 Å². The number of esters is 1. The molecule has 0 radical (unpaired) electrons. The van der Waals surface area contributed by atoms with Crippen molar-refractivity contribution in [2.75, 3.05) is 11.1 Å². The Hall–Kier alpha value is -4.85. The number of hydrogen-bond donors (Lipinski definition) is 3. The van der Waals surface area contributed by atoms with E-state index in [2.05, 4.69) is 20.6 Å². The zero-order valence-electron chi connectivity index (χ0n) is 19.8. The molecule has 0 unspecified atom stereocenters. The first-order valence-electron chi connectivity index (χ1n) is 11.5. The lowest BCUT2D eigenvalue weighted by atomic mass is 9.99. The Morgan fingerprint density at radius 2 is 1.97 bits per heavy atom. The lowest BCUT2D eigenvalue weighted by Gasteiger charge is -2.16. The maximum absolute atomic E-state index is 15.1. The Balaban J connectivity index is 1.56. The number of nitrogen functional groups attached to an aromatic ring is 1. The van der Waals surface area contributed by atoms with Crippen molar-refractivity contribution in [1.82, 2.24) is 15.3 Å². The highest BCUT2D eigenvalue weighted by molar-refractivity contribution is 6.01. The van der Waals surface area contributed by atoms with Crippen LogP contribution in [0.1, 0.15) is 63.9 Å². The fraction of sp³-hybridized carbons (Fsp3) is 0.231. The highest BCUT2D eigenvalue weighted by atomic mass is 19.1. The zero-order valence-corrected chi connectivity index (χ0v) is 19.8. The highest BCUT2D eigenvalue weighted by Crippen LogP contribution is 2.47. The van der Waals surface area contributed by atoms with Crippen LogP contribution >= 0.6 is 0 Å². The number of pyridine rings is 2. The van der Waals surface area contributed by atoms with Crippen molar-refractivity contribution in [3.8, 4) is 11.8 Å². The van der Waals surface area contributed by atoms with E-state index in [0.717, 1.165) is 6.07 Å². The van der Waals surface area contributed by atoms with E-state index in [1.807, 2.05) is 13.0 Å². The van der Waals surface area contributed by atoms with Gasteiger partial charge < -0.3 is 15.8 Å². The van der Waals surface area contributed by atoms with Crippen LogP contribution in [0.5, 0.6) is 5.75 Å². The fourth-order valence-corrected chi connectivity index (χ4v) is 3.82. The van der Waals surface area contributed by atoms with Crippen LogP contribution in [0.25, 0.3) is 0 Å². The molecule has 0 bridgehead atoms. The minimum absolute atomic E-state index is 0.0421. The maximum atomic E-state index is 15.1. The standard InChI is InChI=1S/C26H23FN6O4/c1-2-3-20(34)16-6-7-18(27)23(24(16)37-25(35)15-5-8-21(29)30-13-15)17-10-19(17)32-26(36)33-22-9-4-14(11-28)12-31-22/h4-9,12-13,17,19H,2-3,10H2,1H3,(H2,29,30)(H2,31,32,33,36)/t17-,19+/m1/s1. The van der Waals surface area contributed by atoms with Gasteiger partial charge in [-0.1, -0.05) is 6.92 Å². The molecule has 0 spiro atoms. The summed E-state index contributed by atoms with van der Waals surface area (Å²) < 4.78 is 20.7. The molecule has 0 aliphatic heterocycles. The number of nitrogens with zero attached hydrogens (tertiary/aromatic N) is 3. The Kier molecular flexibility index (Phi) is 7.39. The van der Waals surface area contributed by atoms with Crippen LogP contribution < -0.4 is 21.1 Å². The van der Waals surface area contributed by atoms with Crippen LogP contribution in [0.3, 0.4) is 0 Å². The van der Waals surface area contributed by atoms with Crippen LogP contribution in [0.4, 0.5) is 20.8 Å². The number of carbonyl (C=O) groups excluding carboxylic acids is 3. The van der Waals surface area contributed by atoms with Gasteiger partial charge in [-0.3, -0.25) is 10.1 Å². The van der Waals surface area contributed by atoms with E-state index in [9.17, 15) is 14.4 Å². The molecule has 10 nitrogen and oxygen atoms in total. The number of ketones is 1. The van der Waals surface area contributed by atoms with Crippen molar-refractivity contribution in [3.63, 3.8) is 0 Å². The third-order valence-electron chi connectivity index (χ3n) is 5.75. The van der Waals surface area contributed by atoms with E-state index in [0.29, 0.717) is 18.4 Å². The number of hydrogen-bond acceptors (Lipinski definition) is 8. The molecule has 2 amide bonds. The number of carbonyl (C=O) groups is 3. The second-order valence-corrected chi connectivity index (χ2v) is 8.46. The van der Waals surface area contributed by atoms with E-state index in [1.54, 1.807) is 0 Å². The number of halogens is 1. The number of rotatable bonds is 8. The maximum Gasteiger partial charge on any atom is 0.345 e. The molecule has 0 saturated heterocycles. The summed E-state index contributed by atoms with van der Waals surface area (Å²) >= 11 is 0. The van der Waals surface area contributed by atoms with Crippen LogP contribution in [-0.2, 0) is 0 Å². The summed E-state index contributed by atoms with van der Waals surface area (Å²) in [7, 11) is 0. The third kappa shape index (κ3) is 5.87. The quantitative estimate of drug-likeness (QED) is 0.237. The molecule has 4 rings (SSSR count). The molecule has 1 aliphatic rings. The minimum atomic E-state index is -0.820. The van der Waals surface area contributed by atoms with E-state index in [4.69, 9.17) is 15.7 Å². The number of benzene rings is 1. The Morgan fingerprint density at radius 1 is 1.16 bits per heavy atom. The van der Waals surface area contributed by atoms with Gasteiger partial charge in [-0.15, -0.1) is 0 Å². The predicted molar refractivity (Wildman–Crippen MR) is 131 cm³/mol. The Labute approximate surface area is 211 Å². The van der Waals surface area contributed by atoms with Crippen LogP contribution in [0.15, 0.2) is 48.8 Å². The van der Waals surface area contributed by atoms with Gasteiger partial charge >= 0.3 is 12.0 Å². The van der Waals surface area contributed by atoms with Gasteiger partial charge in [0, 0.05) is 36.3 Å². The summed E-state index contributed by atoms with van der Waals surface area (Å²) in [5.41, 5.74) is 6.13. The number of urea groups is 1. The van der Waals surface area contributed by atoms with Gasteiger partial charge in [0.1, 0.15) is 29.3 Å². The lowest BCUT2D eigenvalue weighted by molar-refractivity contribution is 0.0729. The summed E-state index contributed by atoms with van der Waals surface area (Å²) in [5.74, 6) is -2.02. The number of anilines is 2. The molecule has 1 saturated carbocycles. The van der Waals surface area contributed by atoms with Gasteiger partial charge in [0.15, 0.2) is 5.78 Å². The number of nitrogens with one attached hydrogen (secondary N) is 2. The second kappa shape index (κ2) is 10.8. The van der Waals surface area contributed by atoms with Gasteiger partial charge in [-0.2, -0.15) is 5.26 Å². The van der Waals surface area contributed by atoms with Gasteiger partial charge in [-0.25, -0.2) is 23.9 Å². The largest absolute Gasteiger partial charge is 0.422 e. The van der Waals surface area contributed by atoms with Crippen molar-refractivity contribution < 1.29 is 23.5 Å².